The zero-order valence-electron chi connectivity index (χ0n) is 11.5. The molecule has 0 heterocycles. The van der Waals surface area contributed by atoms with E-state index in [0.29, 0.717) is 11.3 Å². The van der Waals surface area contributed by atoms with Crippen molar-refractivity contribution in [3.05, 3.63) is 71.8 Å². The SMILES string of the molecule is NC(=O)Cc1ccccc1NC(=O)C=Cc1ccccc1. The molecule has 2 rings (SSSR count). The molecular formula is C17H16N2O2. The Bertz CT molecular complexity index is 664. The Kier molecular flexibility index (Phi) is 4.88. The molecule has 0 unspecified atom stereocenters. The predicted molar refractivity (Wildman–Crippen MR) is 83.4 cm³/mol. The summed E-state index contributed by atoms with van der Waals surface area (Å²) in [5.74, 6) is -0.688. The van der Waals surface area contributed by atoms with E-state index in [1.165, 1.54) is 6.08 Å². The fraction of sp³-hybridized carbons (Fsp3) is 0.0588. The van der Waals surface area contributed by atoms with Gasteiger partial charge in [-0.15, -0.1) is 0 Å². The summed E-state index contributed by atoms with van der Waals surface area (Å²) >= 11 is 0. The van der Waals surface area contributed by atoms with Gasteiger partial charge in [0.1, 0.15) is 0 Å². The fourth-order valence-electron chi connectivity index (χ4n) is 1.89. The van der Waals surface area contributed by atoms with Crippen LogP contribution in [0.5, 0.6) is 0 Å². The number of nitrogens with one attached hydrogen (secondary N) is 1. The molecule has 2 amide bonds. The van der Waals surface area contributed by atoms with Crippen molar-refractivity contribution in [2.24, 2.45) is 5.73 Å². The average molecular weight is 280 g/mol. The maximum Gasteiger partial charge on any atom is 0.248 e. The largest absolute Gasteiger partial charge is 0.369 e. The maximum absolute atomic E-state index is 11.9. The van der Waals surface area contributed by atoms with Crippen LogP contribution in [0, 0.1) is 0 Å². The van der Waals surface area contributed by atoms with E-state index < -0.39 is 5.91 Å². The second kappa shape index (κ2) is 7.05. The molecular weight excluding hydrogens is 264 g/mol. The van der Waals surface area contributed by atoms with Crippen molar-refractivity contribution in [1.29, 1.82) is 0 Å². The van der Waals surface area contributed by atoms with Gasteiger partial charge in [-0.3, -0.25) is 9.59 Å². The van der Waals surface area contributed by atoms with Gasteiger partial charge >= 0.3 is 0 Å². The number of para-hydroxylation sites is 1. The minimum absolute atomic E-state index is 0.0961. The van der Waals surface area contributed by atoms with E-state index >= 15 is 0 Å². The molecule has 0 aliphatic carbocycles. The number of carbonyl (C=O) groups is 2. The second-order valence-electron chi connectivity index (χ2n) is 4.53. The van der Waals surface area contributed by atoms with Gasteiger partial charge in [-0.05, 0) is 23.3 Å². The summed E-state index contributed by atoms with van der Waals surface area (Å²) < 4.78 is 0. The topological polar surface area (TPSA) is 72.2 Å². The van der Waals surface area contributed by atoms with Crippen LogP contribution in [0.1, 0.15) is 11.1 Å². The summed E-state index contributed by atoms with van der Waals surface area (Å²) in [7, 11) is 0. The highest BCUT2D eigenvalue weighted by molar-refractivity contribution is 6.02. The van der Waals surface area contributed by atoms with E-state index in [2.05, 4.69) is 5.32 Å². The molecule has 2 aromatic carbocycles. The Morgan fingerprint density at radius 1 is 1.00 bits per heavy atom. The van der Waals surface area contributed by atoms with Crippen molar-refractivity contribution in [3.63, 3.8) is 0 Å². The number of benzene rings is 2. The van der Waals surface area contributed by atoms with E-state index in [0.717, 1.165) is 5.56 Å². The van der Waals surface area contributed by atoms with Crippen molar-refractivity contribution < 1.29 is 9.59 Å². The standard InChI is InChI=1S/C17H16N2O2/c18-16(20)12-14-8-4-5-9-15(14)19-17(21)11-10-13-6-2-1-3-7-13/h1-11H,12H2,(H2,18,20)(H,19,21). The molecule has 21 heavy (non-hydrogen) atoms. The molecule has 4 nitrogen and oxygen atoms in total. The third kappa shape index (κ3) is 4.62. The fourth-order valence-corrected chi connectivity index (χ4v) is 1.89. The Morgan fingerprint density at radius 2 is 1.67 bits per heavy atom. The molecule has 3 N–H and O–H groups in total. The molecule has 4 heteroatoms. The first-order chi connectivity index (χ1) is 10.1. The molecule has 0 saturated carbocycles. The normalized spacial score (nSPS) is 10.5. The zero-order chi connectivity index (χ0) is 15.1. The number of hydrogen-bond acceptors (Lipinski definition) is 2. The van der Waals surface area contributed by atoms with Gasteiger partial charge in [0.2, 0.25) is 11.8 Å². The van der Waals surface area contributed by atoms with E-state index in [-0.39, 0.29) is 12.3 Å². The van der Waals surface area contributed by atoms with Crippen LogP contribution in [0.4, 0.5) is 5.69 Å². The number of amides is 2. The minimum Gasteiger partial charge on any atom is -0.369 e. The van der Waals surface area contributed by atoms with Crippen LogP contribution in [-0.4, -0.2) is 11.8 Å². The van der Waals surface area contributed by atoms with Crippen molar-refractivity contribution >= 4 is 23.6 Å². The lowest BCUT2D eigenvalue weighted by atomic mass is 10.1. The molecule has 0 aromatic heterocycles. The molecule has 2 aromatic rings. The van der Waals surface area contributed by atoms with Crippen LogP contribution < -0.4 is 11.1 Å². The number of carbonyl (C=O) groups excluding carboxylic acids is 2. The van der Waals surface area contributed by atoms with Crippen molar-refractivity contribution in [1.82, 2.24) is 0 Å². The first kappa shape index (κ1) is 14.5. The van der Waals surface area contributed by atoms with Crippen LogP contribution in [-0.2, 0) is 16.0 Å². The van der Waals surface area contributed by atoms with Gasteiger partial charge < -0.3 is 11.1 Å². The highest BCUT2D eigenvalue weighted by Crippen LogP contribution is 2.15. The van der Waals surface area contributed by atoms with Crippen LogP contribution >= 0.6 is 0 Å². The Hall–Kier alpha value is -2.88. The first-order valence-corrected chi connectivity index (χ1v) is 6.55. The zero-order valence-corrected chi connectivity index (χ0v) is 11.5. The maximum atomic E-state index is 11.9. The van der Waals surface area contributed by atoms with E-state index in [9.17, 15) is 9.59 Å². The third-order valence-corrected chi connectivity index (χ3v) is 2.87. The molecule has 0 radical (unpaired) electrons. The quantitative estimate of drug-likeness (QED) is 0.825. The summed E-state index contributed by atoms with van der Waals surface area (Å²) in [5.41, 5.74) is 7.43. The number of hydrogen-bond donors (Lipinski definition) is 2. The Balaban J connectivity index is 2.06. The summed E-state index contributed by atoms with van der Waals surface area (Å²) in [6, 6.07) is 16.6. The predicted octanol–water partition coefficient (Wildman–Crippen LogP) is 2.37. The third-order valence-electron chi connectivity index (χ3n) is 2.87. The van der Waals surface area contributed by atoms with E-state index in [1.54, 1.807) is 30.3 Å². The van der Waals surface area contributed by atoms with Crippen LogP contribution in [0.3, 0.4) is 0 Å². The molecule has 0 bridgehead atoms. The lowest BCUT2D eigenvalue weighted by molar-refractivity contribution is -0.117. The summed E-state index contributed by atoms with van der Waals surface area (Å²) in [4.78, 5) is 22.9. The molecule has 0 aliphatic rings. The van der Waals surface area contributed by atoms with Crippen LogP contribution in [0.2, 0.25) is 0 Å². The average Bonchev–Trinajstić information content (AvgIpc) is 2.48. The molecule has 0 spiro atoms. The van der Waals surface area contributed by atoms with Crippen molar-refractivity contribution in [2.75, 3.05) is 5.32 Å². The molecule has 0 atom stereocenters. The number of nitrogens with two attached hydrogens (primary N) is 1. The monoisotopic (exact) mass is 280 g/mol. The van der Waals surface area contributed by atoms with Gasteiger partial charge in [0.15, 0.2) is 0 Å². The summed E-state index contributed by atoms with van der Waals surface area (Å²) in [6.07, 6.45) is 3.28. The van der Waals surface area contributed by atoms with Gasteiger partial charge in [-0.25, -0.2) is 0 Å². The number of primary amides is 1. The highest BCUT2D eigenvalue weighted by atomic mass is 16.1. The number of rotatable bonds is 5. The van der Waals surface area contributed by atoms with Gasteiger partial charge in [0.05, 0.1) is 6.42 Å². The lowest BCUT2D eigenvalue weighted by Crippen LogP contribution is -2.16. The van der Waals surface area contributed by atoms with Gasteiger partial charge in [0.25, 0.3) is 0 Å². The number of anilines is 1. The van der Waals surface area contributed by atoms with Crippen molar-refractivity contribution in [3.8, 4) is 0 Å². The van der Waals surface area contributed by atoms with Crippen LogP contribution in [0.15, 0.2) is 60.7 Å². The second-order valence-corrected chi connectivity index (χ2v) is 4.53. The highest BCUT2D eigenvalue weighted by Gasteiger charge is 2.06. The van der Waals surface area contributed by atoms with E-state index in [1.807, 2.05) is 30.3 Å². The van der Waals surface area contributed by atoms with Crippen molar-refractivity contribution in [2.45, 2.75) is 6.42 Å². The van der Waals surface area contributed by atoms with Gasteiger partial charge in [-0.1, -0.05) is 48.5 Å². The summed E-state index contributed by atoms with van der Waals surface area (Å²) in [5, 5.41) is 2.75. The smallest absolute Gasteiger partial charge is 0.248 e. The molecule has 0 fully saturated rings. The lowest BCUT2D eigenvalue weighted by Gasteiger charge is -2.08. The molecule has 0 aliphatic heterocycles. The Labute approximate surface area is 123 Å². The van der Waals surface area contributed by atoms with Gasteiger partial charge in [-0.2, -0.15) is 0 Å². The minimum atomic E-state index is -0.434. The van der Waals surface area contributed by atoms with Gasteiger partial charge in [0, 0.05) is 11.8 Å². The van der Waals surface area contributed by atoms with Crippen LogP contribution in [0.25, 0.3) is 6.08 Å². The molecule has 0 saturated heterocycles. The Morgan fingerprint density at radius 3 is 2.38 bits per heavy atom. The molecule has 106 valence electrons. The first-order valence-electron chi connectivity index (χ1n) is 6.55. The van der Waals surface area contributed by atoms with E-state index in [4.69, 9.17) is 5.73 Å². The summed E-state index contributed by atoms with van der Waals surface area (Å²) in [6.45, 7) is 0.